The predicted octanol–water partition coefficient (Wildman–Crippen LogP) is 4.39. The van der Waals surface area contributed by atoms with E-state index in [0.717, 1.165) is 29.8 Å². The molecule has 0 N–H and O–H groups in total. The molecule has 1 aliphatic rings. The summed E-state index contributed by atoms with van der Waals surface area (Å²) in [6, 6.07) is 11.9. The van der Waals surface area contributed by atoms with Crippen molar-refractivity contribution in [3.8, 4) is 0 Å². The number of nitrogens with zero attached hydrogens (tertiary/aromatic N) is 7. The van der Waals surface area contributed by atoms with Gasteiger partial charge in [-0.05, 0) is 28.8 Å². The van der Waals surface area contributed by atoms with Crippen molar-refractivity contribution in [3.05, 3.63) is 96.7 Å². The van der Waals surface area contributed by atoms with Crippen LogP contribution >= 0.6 is 0 Å². The van der Waals surface area contributed by atoms with Crippen molar-refractivity contribution in [2.24, 2.45) is 10.2 Å². The summed E-state index contributed by atoms with van der Waals surface area (Å²) in [6.07, 6.45) is -6.27. The van der Waals surface area contributed by atoms with E-state index in [1.165, 1.54) is 0 Å². The summed E-state index contributed by atoms with van der Waals surface area (Å²) in [7, 11) is 0. The maximum absolute atomic E-state index is 15.5. The number of hydrogen-bond donors (Lipinski definition) is 0. The number of esters is 1. The molecule has 0 amide bonds. The van der Waals surface area contributed by atoms with Gasteiger partial charge in [0.25, 0.3) is 5.69 Å². The second kappa shape index (κ2) is 11.6. The number of hydrogen-bond acceptors (Lipinski definition) is 8. The molecular weight excluding hydrogens is 453 g/mol. The second-order valence-electron chi connectivity index (χ2n) is 7.07. The molecule has 14 heteroatoms. The van der Waals surface area contributed by atoms with Gasteiger partial charge in [-0.25, -0.2) is 9.18 Å². The molecule has 2 aromatic carbocycles. The summed E-state index contributed by atoms with van der Waals surface area (Å²) in [5, 5.41) is 17.6. The molecule has 13 nitrogen and oxygen atoms in total. The Morgan fingerprint density at radius 2 is 1.85 bits per heavy atom. The van der Waals surface area contributed by atoms with Gasteiger partial charge in [0.1, 0.15) is 12.1 Å². The Hall–Kier alpha value is -4.22. The van der Waals surface area contributed by atoms with E-state index in [9.17, 15) is 14.9 Å². The van der Waals surface area contributed by atoms with Crippen molar-refractivity contribution < 1.29 is 28.3 Å². The van der Waals surface area contributed by atoms with Gasteiger partial charge in [0.2, 0.25) is 0 Å². The first-order chi connectivity index (χ1) is 16.4. The molecule has 1 fully saturated rings. The molecule has 2 aromatic rings. The molecule has 34 heavy (non-hydrogen) atoms. The third-order valence-corrected chi connectivity index (χ3v) is 4.92. The highest BCUT2D eigenvalue weighted by Gasteiger charge is 2.48. The summed E-state index contributed by atoms with van der Waals surface area (Å²) < 4.78 is 32.0. The highest BCUT2D eigenvalue weighted by atomic mass is 19.1. The SMILES string of the molecule is [N-]=[N+]=NC[C@H]1OC(OCc2ccccc2)[C@H](N=[N+]=[N-])[C@@H](F)[C@H]1OC(=O)c1ccc([N+](=O)[O-])cc1. The van der Waals surface area contributed by atoms with Gasteiger partial charge < -0.3 is 14.2 Å². The number of benzene rings is 2. The van der Waals surface area contributed by atoms with Crippen LogP contribution in [-0.4, -0.2) is 48.1 Å². The van der Waals surface area contributed by atoms with Crippen LogP contribution < -0.4 is 0 Å². The summed E-state index contributed by atoms with van der Waals surface area (Å²) in [6.45, 7) is -0.388. The Bertz CT molecular complexity index is 1100. The van der Waals surface area contributed by atoms with Crippen LogP contribution in [-0.2, 0) is 20.8 Å². The fourth-order valence-electron chi connectivity index (χ4n) is 3.26. The lowest BCUT2D eigenvalue weighted by Crippen LogP contribution is -2.58. The number of nitro groups is 1. The van der Waals surface area contributed by atoms with Crippen molar-refractivity contribution in [3.63, 3.8) is 0 Å². The van der Waals surface area contributed by atoms with Crippen LogP contribution in [0, 0.1) is 10.1 Å². The molecular formula is C20H18FN7O6. The molecule has 3 rings (SSSR count). The molecule has 1 heterocycles. The monoisotopic (exact) mass is 471 g/mol. The topological polar surface area (TPSA) is 185 Å². The summed E-state index contributed by atoms with van der Waals surface area (Å²) in [5.74, 6) is -1.000. The maximum atomic E-state index is 15.5. The fraction of sp³-hybridized carbons (Fsp3) is 0.350. The van der Waals surface area contributed by atoms with E-state index in [0.29, 0.717) is 0 Å². The third kappa shape index (κ3) is 5.97. The van der Waals surface area contributed by atoms with Gasteiger partial charge in [-0.1, -0.05) is 40.6 Å². The van der Waals surface area contributed by atoms with Crippen LogP contribution in [0.2, 0.25) is 0 Å². The van der Waals surface area contributed by atoms with Crippen LogP contribution in [0.15, 0.2) is 64.8 Å². The van der Waals surface area contributed by atoms with Crippen LogP contribution in [0.4, 0.5) is 10.1 Å². The maximum Gasteiger partial charge on any atom is 0.338 e. The third-order valence-electron chi connectivity index (χ3n) is 4.92. The molecule has 0 bridgehead atoms. The lowest BCUT2D eigenvalue weighted by Gasteiger charge is -2.40. The molecule has 0 spiro atoms. The standard InChI is InChI=1S/C20H18FN7O6/c21-16-17(25-27-23)20(32-11-12-4-2-1-3-5-12)33-15(10-24-26-22)18(16)34-19(29)13-6-8-14(9-7-13)28(30)31/h1-9,15-18,20H,10-11H2/t15-,16-,17-,18+,20?/m1/s1. The Balaban J connectivity index is 1.80. The number of azide groups is 2. The van der Waals surface area contributed by atoms with Gasteiger partial charge in [0.05, 0.1) is 23.6 Å². The van der Waals surface area contributed by atoms with E-state index in [2.05, 4.69) is 20.1 Å². The Labute approximate surface area is 191 Å². The number of halogens is 1. The average molecular weight is 471 g/mol. The molecule has 176 valence electrons. The highest BCUT2D eigenvalue weighted by molar-refractivity contribution is 5.89. The Kier molecular flexibility index (Phi) is 8.32. The summed E-state index contributed by atoms with van der Waals surface area (Å²) in [4.78, 5) is 28.0. The highest BCUT2D eigenvalue weighted by Crippen LogP contribution is 2.30. The van der Waals surface area contributed by atoms with Crippen LogP contribution in [0.25, 0.3) is 20.9 Å². The van der Waals surface area contributed by atoms with Crippen molar-refractivity contribution in [1.82, 2.24) is 0 Å². The number of carbonyl (C=O) groups is 1. The van der Waals surface area contributed by atoms with Crippen LogP contribution in [0.5, 0.6) is 0 Å². The van der Waals surface area contributed by atoms with Gasteiger partial charge in [-0.2, -0.15) is 0 Å². The zero-order valence-electron chi connectivity index (χ0n) is 17.5. The van der Waals surface area contributed by atoms with E-state index in [1.54, 1.807) is 30.3 Å². The molecule has 1 unspecified atom stereocenters. The normalized spacial score (nSPS) is 23.7. The first kappa shape index (κ1) is 24.4. The first-order valence-electron chi connectivity index (χ1n) is 9.90. The minimum Gasteiger partial charge on any atom is -0.453 e. The average Bonchev–Trinajstić information content (AvgIpc) is 2.85. The van der Waals surface area contributed by atoms with E-state index in [-0.39, 0.29) is 17.9 Å². The Morgan fingerprint density at radius 1 is 1.15 bits per heavy atom. The number of carbonyl (C=O) groups excluding carboxylic acids is 1. The van der Waals surface area contributed by atoms with E-state index in [1.807, 2.05) is 0 Å². The van der Waals surface area contributed by atoms with Crippen molar-refractivity contribution in [2.75, 3.05) is 6.54 Å². The van der Waals surface area contributed by atoms with Gasteiger partial charge in [0.15, 0.2) is 18.6 Å². The minimum atomic E-state index is -2.06. The zero-order chi connectivity index (χ0) is 24.5. The predicted molar refractivity (Wildman–Crippen MR) is 114 cm³/mol. The summed E-state index contributed by atoms with van der Waals surface area (Å²) >= 11 is 0. The quantitative estimate of drug-likeness (QED) is 0.130. The van der Waals surface area contributed by atoms with Crippen molar-refractivity contribution in [1.29, 1.82) is 0 Å². The molecule has 5 atom stereocenters. The largest absolute Gasteiger partial charge is 0.453 e. The number of alkyl halides is 1. The fourth-order valence-corrected chi connectivity index (χ4v) is 3.26. The minimum absolute atomic E-state index is 0.0111. The number of nitro benzene ring substituents is 1. The number of rotatable bonds is 9. The van der Waals surface area contributed by atoms with Crippen LogP contribution in [0.3, 0.4) is 0 Å². The zero-order valence-corrected chi connectivity index (χ0v) is 17.5. The number of ether oxygens (including phenoxy) is 3. The van der Waals surface area contributed by atoms with Crippen LogP contribution in [0.1, 0.15) is 15.9 Å². The number of non-ortho nitro benzene ring substituents is 1. The molecule has 0 saturated carbocycles. The van der Waals surface area contributed by atoms with Gasteiger partial charge in [-0.3, -0.25) is 10.1 Å². The van der Waals surface area contributed by atoms with Gasteiger partial charge in [-0.15, -0.1) is 0 Å². The molecule has 0 radical (unpaired) electrons. The smallest absolute Gasteiger partial charge is 0.338 e. The van der Waals surface area contributed by atoms with E-state index < -0.39 is 48.1 Å². The van der Waals surface area contributed by atoms with Crippen molar-refractivity contribution >= 4 is 11.7 Å². The van der Waals surface area contributed by atoms with Gasteiger partial charge >= 0.3 is 5.97 Å². The molecule has 1 aliphatic heterocycles. The molecule has 0 aromatic heterocycles. The van der Waals surface area contributed by atoms with E-state index >= 15 is 4.39 Å². The first-order valence-corrected chi connectivity index (χ1v) is 9.90. The van der Waals surface area contributed by atoms with E-state index in [4.69, 9.17) is 25.3 Å². The molecule has 1 saturated heterocycles. The lowest BCUT2D eigenvalue weighted by atomic mass is 9.98. The Morgan fingerprint density at radius 3 is 2.47 bits per heavy atom. The summed E-state index contributed by atoms with van der Waals surface area (Å²) in [5.41, 5.74) is 18.0. The molecule has 0 aliphatic carbocycles. The second-order valence-corrected chi connectivity index (χ2v) is 7.07. The van der Waals surface area contributed by atoms with Crippen molar-refractivity contribution in [2.45, 2.75) is 37.3 Å². The van der Waals surface area contributed by atoms with Gasteiger partial charge in [0, 0.05) is 22.0 Å². The lowest BCUT2D eigenvalue weighted by molar-refractivity contribution is -0.384.